The maximum absolute atomic E-state index is 13.6. The molecule has 0 aromatic heterocycles. The largest absolute Gasteiger partial charge is 0.465 e. The molecule has 5 heteroatoms. The van der Waals surface area contributed by atoms with Crippen molar-refractivity contribution < 1.29 is 19.0 Å². The minimum atomic E-state index is -0.768. The van der Waals surface area contributed by atoms with Gasteiger partial charge in [0, 0.05) is 4.90 Å². The molecule has 3 nitrogen and oxygen atoms in total. The van der Waals surface area contributed by atoms with E-state index in [0.717, 1.165) is 11.8 Å². The van der Waals surface area contributed by atoms with E-state index in [9.17, 15) is 14.3 Å². The lowest BCUT2D eigenvalue weighted by atomic mass is 10.1. The topological polar surface area (TPSA) is 46.5 Å². The molecule has 1 aromatic rings. The summed E-state index contributed by atoms with van der Waals surface area (Å²) in [7, 11) is 0. The van der Waals surface area contributed by atoms with E-state index < -0.39 is 17.9 Å². The highest BCUT2D eigenvalue weighted by atomic mass is 32.2. The van der Waals surface area contributed by atoms with Crippen molar-refractivity contribution in [3.8, 4) is 0 Å². The highest BCUT2D eigenvalue weighted by molar-refractivity contribution is 8.00. The van der Waals surface area contributed by atoms with Crippen molar-refractivity contribution >= 4 is 17.7 Å². The van der Waals surface area contributed by atoms with Crippen LogP contribution in [0, 0.1) is 5.82 Å². The van der Waals surface area contributed by atoms with Gasteiger partial charge in [-0.1, -0.05) is 12.1 Å². The molecule has 0 spiro atoms. The summed E-state index contributed by atoms with van der Waals surface area (Å²) >= 11 is 1.04. The molecular weight excluding hydrogens is 243 g/mol. The van der Waals surface area contributed by atoms with Gasteiger partial charge in [0.2, 0.25) is 0 Å². The van der Waals surface area contributed by atoms with Crippen LogP contribution < -0.4 is 0 Å². The normalized spacial score (nSPS) is 12.2. The SMILES string of the molecule is CCOC(=O)CSc1c(F)cccc1[C@H](C)O. The van der Waals surface area contributed by atoms with Crippen molar-refractivity contribution in [1.82, 2.24) is 0 Å². The van der Waals surface area contributed by atoms with Gasteiger partial charge in [-0.25, -0.2) is 4.39 Å². The third kappa shape index (κ3) is 4.02. The minimum Gasteiger partial charge on any atom is -0.465 e. The fraction of sp³-hybridized carbons (Fsp3) is 0.417. The predicted octanol–water partition coefficient (Wildman–Crippen LogP) is 2.53. The Bertz CT molecular complexity index is 393. The van der Waals surface area contributed by atoms with E-state index in [1.165, 1.54) is 12.1 Å². The second-order valence-corrected chi connectivity index (χ2v) is 4.41. The number of aliphatic hydroxyl groups is 1. The number of carbonyl (C=O) groups is 1. The number of carbonyl (C=O) groups excluding carboxylic acids is 1. The standard InChI is InChI=1S/C12H15FO3S/c1-3-16-11(15)7-17-12-9(8(2)14)5-4-6-10(12)13/h4-6,8,14H,3,7H2,1-2H3/t8-/m0/s1. The zero-order chi connectivity index (χ0) is 12.8. The van der Waals surface area contributed by atoms with Crippen molar-refractivity contribution in [2.24, 2.45) is 0 Å². The Balaban J connectivity index is 2.79. The third-order valence-electron chi connectivity index (χ3n) is 2.09. The van der Waals surface area contributed by atoms with Crippen molar-refractivity contribution in [3.63, 3.8) is 0 Å². The fourth-order valence-corrected chi connectivity index (χ4v) is 2.30. The van der Waals surface area contributed by atoms with Crippen LogP contribution in [0.4, 0.5) is 4.39 Å². The summed E-state index contributed by atoms with van der Waals surface area (Å²) in [6, 6.07) is 4.48. The smallest absolute Gasteiger partial charge is 0.316 e. The molecule has 1 atom stereocenters. The molecule has 0 saturated carbocycles. The van der Waals surface area contributed by atoms with Crippen LogP contribution in [-0.2, 0) is 9.53 Å². The van der Waals surface area contributed by atoms with Gasteiger partial charge in [0.1, 0.15) is 5.82 Å². The van der Waals surface area contributed by atoms with Gasteiger partial charge < -0.3 is 9.84 Å². The molecule has 0 aliphatic carbocycles. The van der Waals surface area contributed by atoms with Crippen LogP contribution >= 0.6 is 11.8 Å². The lowest BCUT2D eigenvalue weighted by Crippen LogP contribution is -2.07. The Morgan fingerprint density at radius 2 is 2.29 bits per heavy atom. The molecule has 0 heterocycles. The number of hydrogen-bond donors (Lipinski definition) is 1. The Morgan fingerprint density at radius 3 is 2.88 bits per heavy atom. The van der Waals surface area contributed by atoms with Crippen LogP contribution in [-0.4, -0.2) is 23.4 Å². The zero-order valence-electron chi connectivity index (χ0n) is 9.77. The van der Waals surface area contributed by atoms with Crippen molar-refractivity contribution in [1.29, 1.82) is 0 Å². The first-order valence-electron chi connectivity index (χ1n) is 5.31. The van der Waals surface area contributed by atoms with Gasteiger partial charge in [0.25, 0.3) is 0 Å². The van der Waals surface area contributed by atoms with Crippen molar-refractivity contribution in [2.45, 2.75) is 24.8 Å². The molecule has 1 aromatic carbocycles. The summed E-state index contributed by atoms with van der Waals surface area (Å²) in [6.07, 6.45) is -0.768. The lowest BCUT2D eigenvalue weighted by Gasteiger charge is -2.11. The predicted molar refractivity (Wildman–Crippen MR) is 64.4 cm³/mol. The molecule has 0 unspecified atom stereocenters. The van der Waals surface area contributed by atoms with Crippen LogP contribution in [0.1, 0.15) is 25.5 Å². The quantitative estimate of drug-likeness (QED) is 0.651. The summed E-state index contributed by atoms with van der Waals surface area (Å²) in [5.74, 6) is -0.788. The average Bonchev–Trinajstić information content (AvgIpc) is 2.27. The van der Waals surface area contributed by atoms with Crippen LogP contribution in [0.2, 0.25) is 0 Å². The van der Waals surface area contributed by atoms with Gasteiger partial charge in [0.05, 0.1) is 18.5 Å². The molecule has 0 fully saturated rings. The molecule has 94 valence electrons. The monoisotopic (exact) mass is 258 g/mol. The molecule has 1 rings (SSSR count). The van der Waals surface area contributed by atoms with E-state index in [0.29, 0.717) is 17.1 Å². The molecule has 17 heavy (non-hydrogen) atoms. The number of benzene rings is 1. The Morgan fingerprint density at radius 1 is 1.59 bits per heavy atom. The first-order chi connectivity index (χ1) is 8.06. The van der Waals surface area contributed by atoms with E-state index in [1.54, 1.807) is 19.9 Å². The van der Waals surface area contributed by atoms with E-state index in [4.69, 9.17) is 4.74 Å². The Hall–Kier alpha value is -1.07. The summed E-state index contributed by atoms with van der Waals surface area (Å²) in [6.45, 7) is 3.58. The second kappa shape index (κ2) is 6.61. The van der Waals surface area contributed by atoms with E-state index in [-0.39, 0.29) is 5.75 Å². The maximum atomic E-state index is 13.6. The number of aliphatic hydroxyl groups excluding tert-OH is 1. The number of rotatable bonds is 5. The van der Waals surface area contributed by atoms with E-state index >= 15 is 0 Å². The molecule has 0 saturated heterocycles. The fourth-order valence-electron chi connectivity index (χ4n) is 1.34. The maximum Gasteiger partial charge on any atom is 0.316 e. The Kier molecular flexibility index (Phi) is 5.44. The number of esters is 1. The highest BCUT2D eigenvalue weighted by Crippen LogP contribution is 2.30. The summed E-state index contributed by atoms with van der Waals surface area (Å²) in [5.41, 5.74) is 0.485. The summed E-state index contributed by atoms with van der Waals surface area (Å²) < 4.78 is 18.3. The molecule has 0 radical (unpaired) electrons. The third-order valence-corrected chi connectivity index (χ3v) is 3.19. The first-order valence-corrected chi connectivity index (χ1v) is 6.29. The number of halogens is 1. The van der Waals surface area contributed by atoms with E-state index in [2.05, 4.69) is 0 Å². The average molecular weight is 258 g/mol. The summed E-state index contributed by atoms with van der Waals surface area (Å²) in [4.78, 5) is 11.5. The molecule has 0 aliphatic rings. The molecule has 0 bridgehead atoms. The van der Waals surface area contributed by atoms with Crippen molar-refractivity contribution in [2.75, 3.05) is 12.4 Å². The highest BCUT2D eigenvalue weighted by Gasteiger charge is 2.14. The van der Waals surface area contributed by atoms with Crippen LogP contribution in [0.3, 0.4) is 0 Å². The lowest BCUT2D eigenvalue weighted by molar-refractivity contribution is -0.139. The van der Waals surface area contributed by atoms with Gasteiger partial charge in [-0.3, -0.25) is 4.79 Å². The van der Waals surface area contributed by atoms with Gasteiger partial charge in [-0.2, -0.15) is 0 Å². The number of ether oxygens (including phenoxy) is 1. The second-order valence-electron chi connectivity index (χ2n) is 3.43. The van der Waals surface area contributed by atoms with Crippen LogP contribution in [0.5, 0.6) is 0 Å². The Labute approximate surface area is 104 Å². The zero-order valence-corrected chi connectivity index (χ0v) is 10.6. The van der Waals surface area contributed by atoms with E-state index in [1.807, 2.05) is 0 Å². The van der Waals surface area contributed by atoms with Crippen molar-refractivity contribution in [3.05, 3.63) is 29.6 Å². The van der Waals surface area contributed by atoms with Gasteiger partial charge in [0.15, 0.2) is 0 Å². The molecular formula is C12H15FO3S. The molecule has 0 amide bonds. The molecule has 0 aliphatic heterocycles. The van der Waals surface area contributed by atoms with Gasteiger partial charge >= 0.3 is 5.97 Å². The number of thioether (sulfide) groups is 1. The first kappa shape index (κ1) is 14.0. The molecule has 1 N–H and O–H groups in total. The van der Waals surface area contributed by atoms with Crippen LogP contribution in [0.25, 0.3) is 0 Å². The minimum absolute atomic E-state index is 0.0362. The van der Waals surface area contributed by atoms with Crippen LogP contribution in [0.15, 0.2) is 23.1 Å². The van der Waals surface area contributed by atoms with Gasteiger partial charge in [-0.15, -0.1) is 11.8 Å². The van der Waals surface area contributed by atoms with Gasteiger partial charge in [-0.05, 0) is 25.5 Å². The number of hydrogen-bond acceptors (Lipinski definition) is 4. The summed E-state index contributed by atoms with van der Waals surface area (Å²) in [5, 5.41) is 9.50.